The van der Waals surface area contributed by atoms with E-state index in [1.165, 1.54) is 18.4 Å². The smallest absolute Gasteiger partial charge is 0.257 e. The van der Waals surface area contributed by atoms with Gasteiger partial charge in [0.05, 0.1) is 24.4 Å². The molecular formula is C15H17ClN2O3S. The van der Waals surface area contributed by atoms with Gasteiger partial charge in [-0.05, 0) is 25.5 Å². The van der Waals surface area contributed by atoms with Crippen molar-refractivity contribution in [3.05, 3.63) is 33.8 Å². The molecule has 1 aromatic heterocycles. The molecule has 0 unspecified atom stereocenters. The number of halogens is 1. The van der Waals surface area contributed by atoms with E-state index >= 15 is 0 Å². The number of hydrogen-bond donors (Lipinski definition) is 1. The van der Waals surface area contributed by atoms with Crippen LogP contribution < -0.4 is 14.8 Å². The first-order chi connectivity index (χ1) is 10.5. The van der Waals surface area contributed by atoms with Gasteiger partial charge in [-0.15, -0.1) is 11.3 Å². The lowest BCUT2D eigenvalue weighted by Crippen LogP contribution is -2.12. The molecule has 0 atom stereocenters. The summed E-state index contributed by atoms with van der Waals surface area (Å²) in [7, 11) is 1.51. The summed E-state index contributed by atoms with van der Waals surface area (Å²) in [5.74, 6) is 0.589. The van der Waals surface area contributed by atoms with Crippen LogP contribution in [0.5, 0.6) is 11.5 Å². The van der Waals surface area contributed by atoms with Crippen LogP contribution in [-0.2, 0) is 0 Å². The molecule has 1 aromatic carbocycles. The number of amides is 1. The van der Waals surface area contributed by atoms with Crippen LogP contribution in [0.3, 0.4) is 0 Å². The number of rotatable bonds is 6. The van der Waals surface area contributed by atoms with Crippen molar-refractivity contribution in [2.75, 3.05) is 19.0 Å². The zero-order valence-corrected chi connectivity index (χ0v) is 14.2. The summed E-state index contributed by atoms with van der Waals surface area (Å²) >= 11 is 7.57. The van der Waals surface area contributed by atoms with E-state index in [9.17, 15) is 4.79 Å². The average Bonchev–Trinajstić information content (AvgIpc) is 2.90. The predicted molar refractivity (Wildman–Crippen MR) is 88.6 cm³/mol. The number of thiazole rings is 1. The molecule has 118 valence electrons. The van der Waals surface area contributed by atoms with Crippen molar-refractivity contribution in [2.24, 2.45) is 0 Å². The third-order valence-electron chi connectivity index (χ3n) is 2.78. The number of anilines is 1. The summed E-state index contributed by atoms with van der Waals surface area (Å²) in [4.78, 5) is 16.5. The number of aryl methyl sites for hydroxylation is 1. The third-order valence-corrected chi connectivity index (χ3v) is 3.94. The molecule has 0 radical (unpaired) electrons. The normalized spacial score (nSPS) is 10.4. The molecule has 0 saturated heterocycles. The number of aromatic nitrogens is 1. The molecule has 5 nitrogen and oxygen atoms in total. The molecule has 0 spiro atoms. The second-order valence-electron chi connectivity index (χ2n) is 4.59. The van der Waals surface area contributed by atoms with Crippen LogP contribution in [0.1, 0.15) is 29.4 Å². The lowest BCUT2D eigenvalue weighted by atomic mass is 10.2. The van der Waals surface area contributed by atoms with Crippen molar-refractivity contribution in [1.82, 2.24) is 4.98 Å². The number of hydrogen-bond acceptors (Lipinski definition) is 5. The van der Waals surface area contributed by atoms with Gasteiger partial charge in [0.25, 0.3) is 5.91 Å². The fourth-order valence-corrected chi connectivity index (χ4v) is 2.72. The maximum Gasteiger partial charge on any atom is 0.257 e. The van der Waals surface area contributed by atoms with Gasteiger partial charge in [-0.1, -0.05) is 18.5 Å². The Labute approximate surface area is 138 Å². The Kier molecular flexibility index (Phi) is 5.63. The van der Waals surface area contributed by atoms with Crippen molar-refractivity contribution < 1.29 is 14.3 Å². The Hall–Kier alpha value is -1.79. The first kappa shape index (κ1) is 16.6. The number of nitrogens with one attached hydrogen (secondary N) is 1. The average molecular weight is 341 g/mol. The highest BCUT2D eigenvalue weighted by atomic mass is 35.5. The zero-order valence-electron chi connectivity index (χ0n) is 12.6. The number of carbonyl (C=O) groups is 1. The molecule has 2 rings (SSSR count). The van der Waals surface area contributed by atoms with Gasteiger partial charge >= 0.3 is 0 Å². The SMILES string of the molecule is CCCOc1c(Cl)cc(C(=O)Nc2nc(C)cs2)cc1OC. The van der Waals surface area contributed by atoms with Crippen LogP contribution in [-0.4, -0.2) is 24.6 Å². The number of ether oxygens (including phenoxy) is 2. The van der Waals surface area contributed by atoms with Crippen molar-refractivity contribution in [3.8, 4) is 11.5 Å². The van der Waals surface area contributed by atoms with Gasteiger partial charge in [0, 0.05) is 10.9 Å². The predicted octanol–water partition coefficient (Wildman–Crippen LogP) is 4.15. The molecule has 1 N–H and O–H groups in total. The molecule has 2 aromatic rings. The van der Waals surface area contributed by atoms with Gasteiger partial charge in [-0.2, -0.15) is 0 Å². The van der Waals surface area contributed by atoms with E-state index in [0.29, 0.717) is 33.8 Å². The summed E-state index contributed by atoms with van der Waals surface area (Å²) in [6.07, 6.45) is 0.852. The van der Waals surface area contributed by atoms with Crippen LogP contribution in [0, 0.1) is 6.92 Å². The minimum absolute atomic E-state index is 0.295. The Bertz CT molecular complexity index is 673. The first-order valence-electron chi connectivity index (χ1n) is 6.79. The minimum Gasteiger partial charge on any atom is -0.493 e. The maximum atomic E-state index is 12.3. The Morgan fingerprint density at radius 3 is 2.82 bits per heavy atom. The molecule has 0 bridgehead atoms. The number of methoxy groups -OCH3 is 1. The summed E-state index contributed by atoms with van der Waals surface area (Å²) in [6.45, 7) is 4.39. The minimum atomic E-state index is -0.295. The van der Waals surface area contributed by atoms with Crippen LogP contribution in [0.25, 0.3) is 0 Å². The first-order valence-corrected chi connectivity index (χ1v) is 8.04. The molecule has 7 heteroatoms. The van der Waals surface area contributed by atoms with E-state index < -0.39 is 0 Å². The van der Waals surface area contributed by atoms with Gasteiger partial charge in [-0.3, -0.25) is 10.1 Å². The van der Waals surface area contributed by atoms with Gasteiger partial charge in [0.1, 0.15) is 0 Å². The molecular weight excluding hydrogens is 324 g/mol. The van der Waals surface area contributed by atoms with E-state index in [-0.39, 0.29) is 5.91 Å². The zero-order chi connectivity index (χ0) is 16.1. The van der Waals surface area contributed by atoms with Gasteiger partial charge < -0.3 is 9.47 Å². The molecule has 0 fully saturated rings. The fourth-order valence-electron chi connectivity index (χ4n) is 1.78. The Morgan fingerprint density at radius 1 is 1.45 bits per heavy atom. The third kappa shape index (κ3) is 3.90. The van der Waals surface area contributed by atoms with Crippen molar-refractivity contribution in [1.29, 1.82) is 0 Å². The van der Waals surface area contributed by atoms with Crippen molar-refractivity contribution >= 4 is 34.0 Å². The second kappa shape index (κ2) is 7.47. The van der Waals surface area contributed by atoms with Crippen molar-refractivity contribution in [3.63, 3.8) is 0 Å². The van der Waals surface area contributed by atoms with E-state index in [0.717, 1.165) is 12.1 Å². The highest BCUT2D eigenvalue weighted by Crippen LogP contribution is 2.36. The molecule has 22 heavy (non-hydrogen) atoms. The lowest BCUT2D eigenvalue weighted by molar-refractivity contribution is 0.102. The molecule has 0 aliphatic carbocycles. The van der Waals surface area contributed by atoms with Crippen LogP contribution >= 0.6 is 22.9 Å². The van der Waals surface area contributed by atoms with E-state index in [4.69, 9.17) is 21.1 Å². The molecule has 0 saturated carbocycles. The summed E-state index contributed by atoms with van der Waals surface area (Å²) in [5.41, 5.74) is 1.25. The van der Waals surface area contributed by atoms with Gasteiger partial charge in [0.15, 0.2) is 16.6 Å². The molecule has 1 amide bonds. The monoisotopic (exact) mass is 340 g/mol. The van der Waals surface area contributed by atoms with Gasteiger partial charge in [-0.25, -0.2) is 4.98 Å². The fraction of sp³-hybridized carbons (Fsp3) is 0.333. The van der Waals surface area contributed by atoms with Crippen LogP contribution in [0.2, 0.25) is 5.02 Å². The highest BCUT2D eigenvalue weighted by Gasteiger charge is 2.16. The number of nitrogens with zero attached hydrogens (tertiary/aromatic N) is 1. The lowest BCUT2D eigenvalue weighted by Gasteiger charge is -2.13. The highest BCUT2D eigenvalue weighted by molar-refractivity contribution is 7.13. The topological polar surface area (TPSA) is 60.5 Å². The van der Waals surface area contributed by atoms with E-state index in [1.54, 1.807) is 12.1 Å². The summed E-state index contributed by atoms with van der Waals surface area (Å²) in [5, 5.41) is 5.49. The molecule has 0 aliphatic heterocycles. The quantitative estimate of drug-likeness (QED) is 0.858. The van der Waals surface area contributed by atoms with Crippen LogP contribution in [0.15, 0.2) is 17.5 Å². The number of benzene rings is 1. The second-order valence-corrected chi connectivity index (χ2v) is 5.85. The largest absolute Gasteiger partial charge is 0.493 e. The van der Waals surface area contributed by atoms with Crippen molar-refractivity contribution in [2.45, 2.75) is 20.3 Å². The Balaban J connectivity index is 2.23. The maximum absolute atomic E-state index is 12.3. The molecule has 1 heterocycles. The summed E-state index contributed by atoms with van der Waals surface area (Å²) in [6, 6.07) is 3.16. The summed E-state index contributed by atoms with van der Waals surface area (Å²) < 4.78 is 10.8. The van der Waals surface area contributed by atoms with Gasteiger partial charge in [0.2, 0.25) is 0 Å². The Morgan fingerprint density at radius 2 is 2.23 bits per heavy atom. The molecule has 0 aliphatic rings. The number of carbonyl (C=O) groups excluding carboxylic acids is 1. The van der Waals surface area contributed by atoms with E-state index in [2.05, 4.69) is 10.3 Å². The van der Waals surface area contributed by atoms with E-state index in [1.807, 2.05) is 19.2 Å². The van der Waals surface area contributed by atoms with Crippen LogP contribution in [0.4, 0.5) is 5.13 Å². The standard InChI is InChI=1S/C15H17ClN2O3S/c1-4-5-21-13-11(16)6-10(7-12(13)20-3)14(19)18-15-17-9(2)8-22-15/h6-8H,4-5H2,1-3H3,(H,17,18,19).